The lowest BCUT2D eigenvalue weighted by Crippen LogP contribution is -2.23. The van der Waals surface area contributed by atoms with Gasteiger partial charge in [-0.05, 0) is 18.2 Å². The molecule has 0 aliphatic rings. The smallest absolute Gasteiger partial charge is 0.125 e. The van der Waals surface area contributed by atoms with Crippen LogP contribution in [0.3, 0.4) is 0 Å². The van der Waals surface area contributed by atoms with Gasteiger partial charge in [-0.25, -0.2) is 0 Å². The number of hydrogen-bond donors (Lipinski definition) is 0. The molecule has 0 heterocycles. The molecule has 0 saturated carbocycles. The van der Waals surface area contributed by atoms with Gasteiger partial charge in [-0.1, -0.05) is 37.4 Å². The highest BCUT2D eigenvalue weighted by molar-refractivity contribution is 6.71. The fourth-order valence-corrected chi connectivity index (χ4v) is 2.19. The molecule has 1 aromatic carbocycles. The van der Waals surface area contributed by atoms with E-state index in [1.165, 1.54) is 5.19 Å². The van der Waals surface area contributed by atoms with E-state index in [1.807, 2.05) is 25.1 Å². The van der Waals surface area contributed by atoms with Gasteiger partial charge in [-0.15, -0.1) is 0 Å². The minimum atomic E-state index is -0.431. The lowest BCUT2D eigenvalue weighted by Gasteiger charge is -2.09. The Hall–Kier alpha value is -1.02. The summed E-state index contributed by atoms with van der Waals surface area (Å²) >= 11 is 0. The summed E-state index contributed by atoms with van der Waals surface area (Å²) in [5, 5.41) is 1.35. The van der Waals surface area contributed by atoms with Gasteiger partial charge < -0.3 is 4.74 Å². The van der Waals surface area contributed by atoms with Crippen LogP contribution in [0.4, 0.5) is 0 Å². The zero-order chi connectivity index (χ0) is 9.68. The monoisotopic (exact) mass is 191 g/mol. The first-order valence-electron chi connectivity index (χ1n) is 4.43. The van der Waals surface area contributed by atoms with E-state index >= 15 is 0 Å². The number of hydrogen-bond acceptors (Lipinski definition) is 1. The van der Waals surface area contributed by atoms with Crippen molar-refractivity contribution in [2.75, 3.05) is 0 Å². The molecular formula is C11H15OSi. The minimum absolute atomic E-state index is 0.431. The molecule has 0 aliphatic heterocycles. The predicted octanol–water partition coefficient (Wildman–Crippen LogP) is 2.56. The molecule has 1 radical (unpaired) electrons. The molecule has 1 nitrogen and oxygen atoms in total. The molecule has 0 aliphatic carbocycles. The van der Waals surface area contributed by atoms with Crippen LogP contribution in [0.25, 0.3) is 0 Å². The second-order valence-electron chi connectivity index (χ2n) is 3.08. The van der Waals surface area contributed by atoms with Gasteiger partial charge in [0, 0.05) is 0 Å². The summed E-state index contributed by atoms with van der Waals surface area (Å²) in [5.41, 5.74) is 0. The maximum Gasteiger partial charge on any atom is 0.125 e. The van der Waals surface area contributed by atoms with Crippen molar-refractivity contribution in [2.24, 2.45) is 0 Å². The van der Waals surface area contributed by atoms with Crippen molar-refractivity contribution in [2.45, 2.75) is 20.0 Å². The molecule has 1 rings (SSSR count). The summed E-state index contributed by atoms with van der Waals surface area (Å²) in [5.74, 6) is 1.000. The highest BCUT2D eigenvalue weighted by atomic mass is 28.3. The van der Waals surface area contributed by atoms with E-state index in [4.69, 9.17) is 4.74 Å². The van der Waals surface area contributed by atoms with Crippen molar-refractivity contribution in [3.8, 4) is 5.75 Å². The van der Waals surface area contributed by atoms with E-state index in [9.17, 15) is 0 Å². The summed E-state index contributed by atoms with van der Waals surface area (Å²) in [6, 6.07) is 8.24. The highest BCUT2D eigenvalue weighted by Gasteiger charge is 2.06. The Morgan fingerprint density at radius 3 is 2.54 bits per heavy atom. The highest BCUT2D eigenvalue weighted by Crippen LogP contribution is 2.08. The van der Waals surface area contributed by atoms with Gasteiger partial charge in [-0.3, -0.25) is 0 Å². The summed E-state index contributed by atoms with van der Waals surface area (Å²) in [7, 11) is -0.431. The van der Waals surface area contributed by atoms with Crippen LogP contribution in [0.5, 0.6) is 5.75 Å². The van der Waals surface area contributed by atoms with Crippen molar-refractivity contribution in [3.05, 3.63) is 36.6 Å². The first kappa shape index (κ1) is 10.1. The van der Waals surface area contributed by atoms with E-state index in [2.05, 4.69) is 25.2 Å². The molecule has 0 fully saturated rings. The van der Waals surface area contributed by atoms with E-state index < -0.39 is 8.80 Å². The third-order valence-corrected chi connectivity index (χ3v) is 3.25. The largest absolute Gasteiger partial charge is 0.465 e. The van der Waals surface area contributed by atoms with Crippen molar-refractivity contribution in [3.63, 3.8) is 0 Å². The number of benzene rings is 1. The van der Waals surface area contributed by atoms with Crippen LogP contribution in [-0.4, -0.2) is 8.80 Å². The van der Waals surface area contributed by atoms with Gasteiger partial charge in [0.1, 0.15) is 5.75 Å². The van der Waals surface area contributed by atoms with E-state index in [-0.39, 0.29) is 0 Å². The van der Waals surface area contributed by atoms with Gasteiger partial charge >= 0.3 is 0 Å². The maximum atomic E-state index is 5.49. The summed E-state index contributed by atoms with van der Waals surface area (Å²) < 4.78 is 5.49. The second kappa shape index (κ2) is 4.87. The second-order valence-corrected chi connectivity index (χ2v) is 5.62. The Morgan fingerprint density at radius 1 is 1.23 bits per heavy atom. The summed E-state index contributed by atoms with van der Waals surface area (Å²) in [4.78, 5) is 0. The quantitative estimate of drug-likeness (QED) is 0.527. The minimum Gasteiger partial charge on any atom is -0.465 e. The Bertz CT molecular complexity index is 292. The molecule has 1 aromatic rings. The molecule has 69 valence electrons. The van der Waals surface area contributed by atoms with Crippen LogP contribution in [0, 0.1) is 0 Å². The lowest BCUT2D eigenvalue weighted by atomic mass is 10.3. The standard InChI is InChI=1S/C11H15OSi/c1-4-9-12-10-7-5-6-8-11(10)13(2)3/h4-9H,1-3H3. The third-order valence-electron chi connectivity index (χ3n) is 1.76. The summed E-state index contributed by atoms with van der Waals surface area (Å²) in [6.45, 7) is 6.48. The molecule has 0 N–H and O–H groups in total. The third kappa shape index (κ3) is 2.74. The maximum absolute atomic E-state index is 5.49. The van der Waals surface area contributed by atoms with Crippen LogP contribution in [0.15, 0.2) is 36.6 Å². The fraction of sp³-hybridized carbons (Fsp3) is 0.273. The first-order chi connectivity index (χ1) is 6.25. The van der Waals surface area contributed by atoms with Crippen LogP contribution >= 0.6 is 0 Å². The fourth-order valence-electron chi connectivity index (χ4n) is 1.12. The first-order valence-corrected chi connectivity index (χ1v) is 6.93. The average molecular weight is 191 g/mol. The van der Waals surface area contributed by atoms with Gasteiger partial charge in [0.2, 0.25) is 0 Å². The van der Waals surface area contributed by atoms with Gasteiger partial charge in [0.15, 0.2) is 0 Å². The molecule has 0 spiro atoms. The van der Waals surface area contributed by atoms with Crippen LogP contribution < -0.4 is 9.92 Å². The van der Waals surface area contributed by atoms with Crippen LogP contribution in [-0.2, 0) is 0 Å². The van der Waals surface area contributed by atoms with Gasteiger partial charge in [0.25, 0.3) is 0 Å². The SMILES string of the molecule is CC=COc1ccccc1[Si](C)C. The van der Waals surface area contributed by atoms with E-state index in [1.54, 1.807) is 6.26 Å². The van der Waals surface area contributed by atoms with Crippen LogP contribution in [0.2, 0.25) is 13.1 Å². The molecule has 13 heavy (non-hydrogen) atoms. The van der Waals surface area contributed by atoms with Crippen molar-refractivity contribution in [1.29, 1.82) is 0 Å². The number of ether oxygens (including phenoxy) is 1. The van der Waals surface area contributed by atoms with Gasteiger partial charge in [-0.2, -0.15) is 0 Å². The van der Waals surface area contributed by atoms with Crippen molar-refractivity contribution < 1.29 is 4.74 Å². The Morgan fingerprint density at radius 2 is 1.92 bits per heavy atom. The number of rotatable bonds is 3. The summed E-state index contributed by atoms with van der Waals surface area (Å²) in [6.07, 6.45) is 3.62. The topological polar surface area (TPSA) is 9.23 Å². The molecule has 0 saturated heterocycles. The van der Waals surface area contributed by atoms with Crippen molar-refractivity contribution in [1.82, 2.24) is 0 Å². The molecular weight excluding hydrogens is 176 g/mol. The average Bonchev–Trinajstić information content (AvgIpc) is 2.15. The zero-order valence-corrected chi connectivity index (χ0v) is 9.37. The zero-order valence-electron chi connectivity index (χ0n) is 8.37. The lowest BCUT2D eigenvalue weighted by molar-refractivity contribution is 0.484. The normalized spacial score (nSPS) is 11.1. The molecule has 0 bridgehead atoms. The Labute approximate surface area is 81.7 Å². The Balaban J connectivity index is 2.91. The molecule has 0 atom stereocenters. The molecule has 0 amide bonds. The van der Waals surface area contributed by atoms with Crippen LogP contribution in [0.1, 0.15) is 6.92 Å². The molecule has 0 aromatic heterocycles. The van der Waals surface area contributed by atoms with Crippen molar-refractivity contribution >= 4 is 14.0 Å². The number of allylic oxidation sites excluding steroid dienone is 1. The predicted molar refractivity (Wildman–Crippen MR) is 59.0 cm³/mol. The van der Waals surface area contributed by atoms with E-state index in [0.717, 1.165) is 5.75 Å². The van der Waals surface area contributed by atoms with E-state index in [0.29, 0.717) is 0 Å². The molecule has 0 unspecified atom stereocenters. The Kier molecular flexibility index (Phi) is 3.77. The van der Waals surface area contributed by atoms with Gasteiger partial charge in [0.05, 0.1) is 15.1 Å². The molecule has 2 heteroatoms. The number of para-hydroxylation sites is 1.